The smallest absolute Gasteiger partial charge is 0.234 e. The normalized spacial score (nSPS) is 14.5. The number of benzene rings is 1. The van der Waals surface area contributed by atoms with Gasteiger partial charge in [0.25, 0.3) is 0 Å². The molecule has 0 aliphatic rings. The van der Waals surface area contributed by atoms with E-state index in [0.29, 0.717) is 0 Å². The van der Waals surface area contributed by atoms with Gasteiger partial charge in [0.1, 0.15) is 0 Å². The zero-order chi connectivity index (χ0) is 13.7. The molecular formula is C14H21BrN2O. The highest BCUT2D eigenvalue weighted by Crippen LogP contribution is 2.12. The molecule has 0 spiro atoms. The van der Waals surface area contributed by atoms with Crippen molar-refractivity contribution in [2.45, 2.75) is 39.3 Å². The average Bonchev–Trinajstić information content (AvgIpc) is 2.28. The van der Waals surface area contributed by atoms with Crippen molar-refractivity contribution in [3.8, 4) is 0 Å². The molecule has 3 N–H and O–H groups in total. The number of hydrogen-bond acceptors (Lipinski definition) is 2. The average molecular weight is 313 g/mol. The molecule has 2 unspecified atom stereocenters. The van der Waals surface area contributed by atoms with Crippen molar-refractivity contribution < 1.29 is 4.79 Å². The van der Waals surface area contributed by atoms with Crippen LogP contribution in [0.2, 0.25) is 0 Å². The maximum atomic E-state index is 11.3. The largest absolute Gasteiger partial charge is 0.368 e. The van der Waals surface area contributed by atoms with E-state index in [1.54, 1.807) is 0 Å². The summed E-state index contributed by atoms with van der Waals surface area (Å²) in [6, 6.07) is 8.15. The van der Waals surface area contributed by atoms with Gasteiger partial charge in [0.05, 0.1) is 6.04 Å². The Bertz CT molecular complexity index is 389. The summed E-state index contributed by atoms with van der Waals surface area (Å²) in [5.41, 5.74) is 6.63. The van der Waals surface area contributed by atoms with Crippen LogP contribution >= 0.6 is 15.9 Å². The molecule has 18 heavy (non-hydrogen) atoms. The Hall–Kier alpha value is -0.870. The van der Waals surface area contributed by atoms with Crippen LogP contribution in [0.4, 0.5) is 0 Å². The predicted molar refractivity (Wildman–Crippen MR) is 78.3 cm³/mol. The number of carbonyl (C=O) groups excluding carboxylic acids is 1. The zero-order valence-electron chi connectivity index (χ0n) is 11.1. The summed E-state index contributed by atoms with van der Waals surface area (Å²) >= 11 is 3.41. The maximum Gasteiger partial charge on any atom is 0.234 e. The molecule has 0 saturated heterocycles. The summed E-state index contributed by atoms with van der Waals surface area (Å²) in [6.45, 7) is 6.06. The van der Waals surface area contributed by atoms with E-state index in [1.165, 1.54) is 5.56 Å². The lowest BCUT2D eigenvalue weighted by molar-refractivity contribution is -0.121. The first kappa shape index (κ1) is 15.2. The SMILES string of the molecule is CC(Cc1ccc(Br)cc1)NC(C(N)=O)C(C)C. The molecule has 1 amide bonds. The van der Waals surface area contributed by atoms with E-state index in [2.05, 4.69) is 40.3 Å². The van der Waals surface area contributed by atoms with Crippen molar-refractivity contribution in [2.24, 2.45) is 11.7 Å². The van der Waals surface area contributed by atoms with E-state index in [4.69, 9.17) is 5.73 Å². The number of rotatable bonds is 6. The van der Waals surface area contributed by atoms with Gasteiger partial charge in [0.2, 0.25) is 5.91 Å². The Morgan fingerprint density at radius 3 is 2.28 bits per heavy atom. The number of carbonyl (C=O) groups is 1. The van der Waals surface area contributed by atoms with Crippen molar-refractivity contribution in [1.82, 2.24) is 5.32 Å². The Kier molecular flexibility index (Phi) is 5.82. The highest BCUT2D eigenvalue weighted by Gasteiger charge is 2.21. The van der Waals surface area contributed by atoms with E-state index < -0.39 is 0 Å². The van der Waals surface area contributed by atoms with Crippen LogP contribution < -0.4 is 11.1 Å². The van der Waals surface area contributed by atoms with E-state index in [9.17, 15) is 4.79 Å². The van der Waals surface area contributed by atoms with E-state index >= 15 is 0 Å². The fourth-order valence-corrected chi connectivity index (χ4v) is 2.21. The van der Waals surface area contributed by atoms with Crippen molar-refractivity contribution in [1.29, 1.82) is 0 Å². The van der Waals surface area contributed by atoms with Gasteiger partial charge in [-0.2, -0.15) is 0 Å². The second-order valence-corrected chi connectivity index (χ2v) is 5.94. The van der Waals surface area contributed by atoms with E-state index in [1.807, 2.05) is 26.0 Å². The topological polar surface area (TPSA) is 55.1 Å². The molecule has 4 heteroatoms. The molecule has 0 saturated carbocycles. The lowest BCUT2D eigenvalue weighted by Crippen LogP contribution is -2.49. The summed E-state index contributed by atoms with van der Waals surface area (Å²) in [7, 11) is 0. The van der Waals surface area contributed by atoms with E-state index in [0.717, 1.165) is 10.9 Å². The molecule has 2 atom stereocenters. The fourth-order valence-electron chi connectivity index (χ4n) is 1.94. The molecule has 0 bridgehead atoms. The van der Waals surface area contributed by atoms with Gasteiger partial charge < -0.3 is 11.1 Å². The first-order valence-corrected chi connectivity index (χ1v) is 6.99. The minimum absolute atomic E-state index is 0.204. The summed E-state index contributed by atoms with van der Waals surface area (Å²) in [6.07, 6.45) is 0.879. The molecule has 0 fully saturated rings. The number of amides is 1. The first-order chi connectivity index (χ1) is 8.40. The summed E-state index contributed by atoms with van der Waals surface area (Å²) in [4.78, 5) is 11.3. The van der Waals surface area contributed by atoms with Crippen LogP contribution in [0.5, 0.6) is 0 Å². The fraction of sp³-hybridized carbons (Fsp3) is 0.500. The molecule has 0 radical (unpaired) electrons. The molecular weight excluding hydrogens is 292 g/mol. The number of nitrogens with two attached hydrogens (primary N) is 1. The second-order valence-electron chi connectivity index (χ2n) is 5.02. The number of primary amides is 1. The number of hydrogen-bond donors (Lipinski definition) is 2. The van der Waals surface area contributed by atoms with Crippen molar-refractivity contribution in [3.63, 3.8) is 0 Å². The first-order valence-electron chi connectivity index (χ1n) is 6.20. The molecule has 0 aliphatic heterocycles. The van der Waals surface area contributed by atoms with Crippen LogP contribution in [0.15, 0.2) is 28.7 Å². The highest BCUT2D eigenvalue weighted by atomic mass is 79.9. The zero-order valence-corrected chi connectivity index (χ0v) is 12.7. The predicted octanol–water partition coefficient (Wildman–Crippen LogP) is 2.48. The van der Waals surface area contributed by atoms with Crippen LogP contribution in [0, 0.1) is 5.92 Å². The van der Waals surface area contributed by atoms with Crippen LogP contribution in [-0.2, 0) is 11.2 Å². The number of halogens is 1. The molecule has 0 aromatic heterocycles. The van der Waals surface area contributed by atoms with Crippen LogP contribution in [-0.4, -0.2) is 18.0 Å². The van der Waals surface area contributed by atoms with Crippen molar-refractivity contribution in [2.75, 3.05) is 0 Å². The third kappa shape index (κ3) is 4.78. The van der Waals surface area contributed by atoms with E-state index in [-0.39, 0.29) is 23.9 Å². The summed E-state index contributed by atoms with van der Waals surface area (Å²) in [5, 5.41) is 3.29. The van der Waals surface area contributed by atoms with Crippen LogP contribution in [0.25, 0.3) is 0 Å². The molecule has 100 valence electrons. The standard InChI is InChI=1S/C14H21BrN2O/c1-9(2)13(14(16)18)17-10(3)8-11-4-6-12(15)7-5-11/h4-7,9-10,13,17H,8H2,1-3H3,(H2,16,18). The van der Waals surface area contributed by atoms with Crippen molar-refractivity contribution >= 4 is 21.8 Å². The van der Waals surface area contributed by atoms with Gasteiger partial charge in [-0.1, -0.05) is 41.9 Å². The molecule has 3 nitrogen and oxygen atoms in total. The molecule has 1 rings (SSSR count). The van der Waals surface area contributed by atoms with Gasteiger partial charge in [0.15, 0.2) is 0 Å². The highest BCUT2D eigenvalue weighted by molar-refractivity contribution is 9.10. The van der Waals surface area contributed by atoms with Gasteiger partial charge in [0, 0.05) is 10.5 Å². The third-order valence-electron chi connectivity index (χ3n) is 2.89. The van der Waals surface area contributed by atoms with Gasteiger partial charge in [-0.05, 0) is 37.0 Å². The van der Waals surface area contributed by atoms with Gasteiger partial charge in [-0.25, -0.2) is 0 Å². The molecule has 0 aliphatic carbocycles. The van der Waals surface area contributed by atoms with Gasteiger partial charge in [-0.3, -0.25) is 4.79 Å². The molecule has 0 heterocycles. The Balaban J connectivity index is 2.57. The molecule has 1 aromatic carbocycles. The maximum absolute atomic E-state index is 11.3. The quantitative estimate of drug-likeness (QED) is 0.848. The minimum Gasteiger partial charge on any atom is -0.368 e. The lowest BCUT2D eigenvalue weighted by atomic mass is 10.0. The number of nitrogens with one attached hydrogen (secondary N) is 1. The lowest BCUT2D eigenvalue weighted by Gasteiger charge is -2.23. The van der Waals surface area contributed by atoms with Crippen LogP contribution in [0.1, 0.15) is 26.3 Å². The molecule has 1 aromatic rings. The summed E-state index contributed by atoms with van der Waals surface area (Å²) in [5.74, 6) is -0.0810. The Morgan fingerprint density at radius 2 is 1.83 bits per heavy atom. The van der Waals surface area contributed by atoms with Crippen molar-refractivity contribution in [3.05, 3.63) is 34.3 Å². The third-order valence-corrected chi connectivity index (χ3v) is 3.42. The van der Waals surface area contributed by atoms with Gasteiger partial charge in [-0.15, -0.1) is 0 Å². The second kappa shape index (κ2) is 6.90. The van der Waals surface area contributed by atoms with Gasteiger partial charge >= 0.3 is 0 Å². The minimum atomic E-state index is -0.285. The summed E-state index contributed by atoms with van der Waals surface area (Å²) < 4.78 is 1.07. The Morgan fingerprint density at radius 1 is 1.28 bits per heavy atom. The Labute approximate surface area is 117 Å². The van der Waals surface area contributed by atoms with Crippen LogP contribution in [0.3, 0.4) is 0 Å². The monoisotopic (exact) mass is 312 g/mol.